The van der Waals surface area contributed by atoms with E-state index in [0.29, 0.717) is 18.5 Å². The Hall–Kier alpha value is -2.63. The van der Waals surface area contributed by atoms with Crippen LogP contribution in [0.15, 0.2) is 24.3 Å². The maximum absolute atomic E-state index is 13.4. The van der Waals surface area contributed by atoms with Crippen molar-refractivity contribution in [2.45, 2.75) is 58.4 Å². The Bertz CT molecular complexity index is 900. The number of aromatic nitrogens is 2. The second-order valence-electron chi connectivity index (χ2n) is 8.15. The third kappa shape index (κ3) is 3.32. The lowest BCUT2D eigenvalue weighted by Crippen LogP contribution is -2.47. The highest BCUT2D eigenvalue weighted by Gasteiger charge is 2.36. The van der Waals surface area contributed by atoms with Crippen molar-refractivity contribution in [1.82, 2.24) is 14.7 Å². The second-order valence-corrected chi connectivity index (χ2v) is 8.15. The van der Waals surface area contributed by atoms with Crippen LogP contribution in [0.1, 0.15) is 59.9 Å². The average molecular weight is 381 g/mol. The molecule has 1 saturated heterocycles. The number of benzene rings is 1. The number of hydrogen-bond acceptors (Lipinski definition) is 3. The minimum absolute atomic E-state index is 0.0341. The van der Waals surface area contributed by atoms with Gasteiger partial charge in [-0.05, 0) is 64.5 Å². The van der Waals surface area contributed by atoms with Crippen molar-refractivity contribution in [3.63, 3.8) is 0 Å². The lowest BCUT2D eigenvalue weighted by Gasteiger charge is -2.36. The predicted octanol–water partition coefficient (Wildman–Crippen LogP) is 3.38. The van der Waals surface area contributed by atoms with Crippen LogP contribution in [-0.2, 0) is 17.6 Å². The number of piperidine rings is 1. The molecule has 6 heteroatoms. The molecule has 0 spiro atoms. The molecule has 1 aliphatic carbocycles. The molecule has 0 bridgehead atoms. The molecule has 1 aliphatic heterocycles. The van der Waals surface area contributed by atoms with Crippen LogP contribution in [0.4, 0.5) is 0 Å². The first kappa shape index (κ1) is 18.7. The minimum atomic E-state index is -0.822. The quantitative estimate of drug-likeness (QED) is 0.884. The fraction of sp³-hybridized carbons (Fsp3) is 0.500. The van der Waals surface area contributed by atoms with Crippen LogP contribution in [0.3, 0.4) is 0 Å². The lowest BCUT2D eigenvalue weighted by atomic mass is 9.91. The minimum Gasteiger partial charge on any atom is -0.481 e. The molecule has 0 saturated carbocycles. The molecular formula is C22H27N3O3. The van der Waals surface area contributed by atoms with E-state index in [2.05, 4.69) is 12.1 Å². The Morgan fingerprint density at radius 3 is 2.54 bits per heavy atom. The van der Waals surface area contributed by atoms with Crippen LogP contribution >= 0.6 is 0 Å². The summed E-state index contributed by atoms with van der Waals surface area (Å²) in [6.07, 6.45) is 5.25. The first-order valence-electron chi connectivity index (χ1n) is 10.2. The molecule has 148 valence electrons. The highest BCUT2D eigenvalue weighted by Crippen LogP contribution is 2.30. The van der Waals surface area contributed by atoms with Gasteiger partial charge < -0.3 is 10.0 Å². The molecule has 6 nitrogen and oxygen atoms in total. The normalized spacial score (nSPS) is 22.0. The molecule has 28 heavy (non-hydrogen) atoms. The maximum atomic E-state index is 13.4. The highest BCUT2D eigenvalue weighted by atomic mass is 16.4. The number of rotatable bonds is 3. The molecule has 1 amide bonds. The van der Waals surface area contributed by atoms with Crippen LogP contribution in [0.25, 0.3) is 5.69 Å². The first-order chi connectivity index (χ1) is 13.5. The fourth-order valence-corrected chi connectivity index (χ4v) is 4.40. The molecular weight excluding hydrogens is 354 g/mol. The zero-order valence-corrected chi connectivity index (χ0v) is 16.5. The van der Waals surface area contributed by atoms with Gasteiger partial charge in [0.1, 0.15) is 0 Å². The SMILES string of the molecule is Cc1ccc(-n2nc(C(=O)N3CC(C(=O)O)CCC3C)c3c2CCCC3)cc1. The van der Waals surface area contributed by atoms with E-state index in [1.54, 1.807) is 4.90 Å². The molecule has 2 aromatic rings. The van der Waals surface area contributed by atoms with Crippen LogP contribution in [0.5, 0.6) is 0 Å². The number of hydrogen-bond donors (Lipinski definition) is 1. The summed E-state index contributed by atoms with van der Waals surface area (Å²) in [5, 5.41) is 14.2. The summed E-state index contributed by atoms with van der Waals surface area (Å²) >= 11 is 0. The van der Waals surface area contributed by atoms with E-state index in [1.807, 2.05) is 30.7 Å². The molecule has 1 aromatic carbocycles. The summed E-state index contributed by atoms with van der Waals surface area (Å²) in [5.41, 5.74) is 4.83. The van der Waals surface area contributed by atoms with Crippen LogP contribution < -0.4 is 0 Å². The van der Waals surface area contributed by atoms with E-state index in [0.717, 1.165) is 42.6 Å². The zero-order valence-electron chi connectivity index (χ0n) is 16.5. The van der Waals surface area contributed by atoms with Gasteiger partial charge in [0, 0.05) is 23.8 Å². The second kappa shape index (κ2) is 7.41. The molecule has 2 heterocycles. The summed E-state index contributed by atoms with van der Waals surface area (Å²) < 4.78 is 1.92. The lowest BCUT2D eigenvalue weighted by molar-refractivity contribution is -0.143. The van der Waals surface area contributed by atoms with Gasteiger partial charge in [-0.15, -0.1) is 0 Å². The number of amides is 1. The zero-order chi connectivity index (χ0) is 19.8. The van der Waals surface area contributed by atoms with E-state index in [9.17, 15) is 14.7 Å². The Morgan fingerprint density at radius 1 is 1.11 bits per heavy atom. The van der Waals surface area contributed by atoms with Crippen LogP contribution in [0.2, 0.25) is 0 Å². The van der Waals surface area contributed by atoms with Crippen molar-refractivity contribution in [2.75, 3.05) is 6.54 Å². The van der Waals surface area contributed by atoms with Crippen molar-refractivity contribution in [2.24, 2.45) is 5.92 Å². The largest absolute Gasteiger partial charge is 0.481 e. The van der Waals surface area contributed by atoms with Crippen LogP contribution in [-0.4, -0.2) is 44.3 Å². The Balaban J connectivity index is 1.72. The number of aliphatic carboxylic acids is 1. The first-order valence-corrected chi connectivity index (χ1v) is 10.2. The molecule has 0 radical (unpaired) electrons. The van der Waals surface area contributed by atoms with Crippen molar-refractivity contribution in [3.8, 4) is 5.69 Å². The molecule has 1 aromatic heterocycles. The summed E-state index contributed by atoms with van der Waals surface area (Å²) in [6, 6.07) is 8.22. The van der Waals surface area contributed by atoms with Crippen molar-refractivity contribution in [1.29, 1.82) is 0 Å². The summed E-state index contributed by atoms with van der Waals surface area (Å²) in [5.74, 6) is -1.44. The third-order valence-corrected chi connectivity index (χ3v) is 6.15. The van der Waals surface area contributed by atoms with Gasteiger partial charge in [0.25, 0.3) is 5.91 Å². The number of carbonyl (C=O) groups is 2. The van der Waals surface area contributed by atoms with E-state index in [1.165, 1.54) is 5.56 Å². The molecule has 2 aliphatic rings. The van der Waals surface area contributed by atoms with E-state index >= 15 is 0 Å². The Labute approximate surface area is 165 Å². The molecule has 1 N–H and O–H groups in total. The summed E-state index contributed by atoms with van der Waals surface area (Å²) in [7, 11) is 0. The number of aryl methyl sites for hydroxylation is 1. The van der Waals surface area contributed by atoms with E-state index in [4.69, 9.17) is 5.10 Å². The Kier molecular flexibility index (Phi) is 4.96. The van der Waals surface area contributed by atoms with Gasteiger partial charge >= 0.3 is 5.97 Å². The van der Waals surface area contributed by atoms with Crippen molar-refractivity contribution < 1.29 is 14.7 Å². The molecule has 2 unspecified atom stereocenters. The fourth-order valence-electron chi connectivity index (χ4n) is 4.40. The topological polar surface area (TPSA) is 75.4 Å². The maximum Gasteiger partial charge on any atom is 0.308 e. The number of carbonyl (C=O) groups excluding carboxylic acids is 1. The van der Waals surface area contributed by atoms with Gasteiger partial charge in [-0.2, -0.15) is 5.10 Å². The monoisotopic (exact) mass is 381 g/mol. The smallest absolute Gasteiger partial charge is 0.308 e. The van der Waals surface area contributed by atoms with Gasteiger partial charge in [0.2, 0.25) is 0 Å². The van der Waals surface area contributed by atoms with Gasteiger partial charge in [0.05, 0.1) is 11.6 Å². The van der Waals surface area contributed by atoms with Crippen molar-refractivity contribution in [3.05, 3.63) is 46.8 Å². The summed E-state index contributed by atoms with van der Waals surface area (Å²) in [4.78, 5) is 26.6. The number of likely N-dealkylation sites (tertiary alicyclic amines) is 1. The highest BCUT2D eigenvalue weighted by molar-refractivity contribution is 5.95. The van der Waals surface area contributed by atoms with Gasteiger partial charge in [0.15, 0.2) is 5.69 Å². The average Bonchev–Trinajstić information content (AvgIpc) is 3.08. The number of carboxylic acid groups (broad SMARTS) is 1. The van der Waals surface area contributed by atoms with E-state index in [-0.39, 0.29) is 18.5 Å². The Morgan fingerprint density at radius 2 is 1.82 bits per heavy atom. The van der Waals surface area contributed by atoms with Gasteiger partial charge in [-0.1, -0.05) is 17.7 Å². The summed E-state index contributed by atoms with van der Waals surface area (Å²) in [6.45, 7) is 4.31. The third-order valence-electron chi connectivity index (χ3n) is 6.15. The van der Waals surface area contributed by atoms with Gasteiger partial charge in [-0.25, -0.2) is 4.68 Å². The van der Waals surface area contributed by atoms with Crippen molar-refractivity contribution >= 4 is 11.9 Å². The standard InChI is InChI=1S/C22H27N3O3/c1-14-7-11-17(12-8-14)25-19-6-4-3-5-18(19)20(23-25)21(26)24-13-16(22(27)28)10-9-15(24)2/h7-8,11-12,15-16H,3-6,9-10,13H2,1-2H3,(H,27,28). The van der Waals surface area contributed by atoms with Gasteiger partial charge in [-0.3, -0.25) is 9.59 Å². The predicted molar refractivity (Wildman–Crippen MR) is 106 cm³/mol. The molecule has 2 atom stereocenters. The number of nitrogens with zero attached hydrogens (tertiary/aromatic N) is 3. The number of fused-ring (bicyclic) bond motifs is 1. The van der Waals surface area contributed by atoms with Crippen LogP contribution in [0, 0.1) is 12.8 Å². The van der Waals surface area contributed by atoms with E-state index < -0.39 is 11.9 Å². The molecule has 1 fully saturated rings. The number of carboxylic acids is 1. The molecule has 4 rings (SSSR count).